The number of carboxylic acids is 1. The molecule has 4 nitrogen and oxygen atoms in total. The fourth-order valence-electron chi connectivity index (χ4n) is 3.00. The molecule has 0 aromatic heterocycles. The fourth-order valence-corrected chi connectivity index (χ4v) is 3.00. The predicted octanol–water partition coefficient (Wildman–Crippen LogP) is 2.76. The van der Waals surface area contributed by atoms with Crippen LogP contribution in [0.15, 0.2) is 24.3 Å². The van der Waals surface area contributed by atoms with E-state index < -0.39 is 17.4 Å². The number of carbonyl (C=O) groups is 2. The molecule has 0 spiro atoms. The zero-order valence-corrected chi connectivity index (χ0v) is 12.0. The molecule has 1 aliphatic rings. The minimum atomic E-state index is -0.822. The predicted molar refractivity (Wildman–Crippen MR) is 76.6 cm³/mol. The molecule has 2 N–H and O–H groups in total. The van der Waals surface area contributed by atoms with E-state index in [1.165, 1.54) is 0 Å². The van der Waals surface area contributed by atoms with Crippen LogP contribution in [-0.2, 0) is 4.79 Å². The maximum Gasteiger partial charge on any atom is 0.308 e. The number of carboxylic acid groups (broad SMARTS) is 1. The normalized spacial score (nSPS) is 26.0. The second-order valence-corrected chi connectivity index (χ2v) is 5.88. The SMILES string of the molecule is Cc1cccc(C(=O)NC2(C)CCCCC2C(=O)O)c1. The molecule has 0 bridgehead atoms. The third-order valence-electron chi connectivity index (χ3n) is 4.19. The Bertz CT molecular complexity index is 526. The van der Waals surface area contributed by atoms with E-state index in [1.807, 2.05) is 32.0 Å². The highest BCUT2D eigenvalue weighted by Crippen LogP contribution is 2.34. The van der Waals surface area contributed by atoms with Crippen molar-refractivity contribution in [2.75, 3.05) is 0 Å². The van der Waals surface area contributed by atoms with Crippen LogP contribution in [0.1, 0.15) is 48.5 Å². The van der Waals surface area contributed by atoms with E-state index in [-0.39, 0.29) is 5.91 Å². The van der Waals surface area contributed by atoms with Gasteiger partial charge in [0.2, 0.25) is 0 Å². The van der Waals surface area contributed by atoms with Gasteiger partial charge in [0.15, 0.2) is 0 Å². The summed E-state index contributed by atoms with van der Waals surface area (Å²) in [6, 6.07) is 7.34. The van der Waals surface area contributed by atoms with Crippen molar-refractivity contribution in [3.8, 4) is 0 Å². The van der Waals surface area contributed by atoms with E-state index in [2.05, 4.69) is 5.32 Å². The van der Waals surface area contributed by atoms with Gasteiger partial charge < -0.3 is 10.4 Å². The first-order valence-electron chi connectivity index (χ1n) is 7.04. The number of carbonyl (C=O) groups excluding carboxylic acids is 1. The number of rotatable bonds is 3. The van der Waals surface area contributed by atoms with Crippen molar-refractivity contribution in [2.45, 2.75) is 45.1 Å². The minimum absolute atomic E-state index is 0.190. The first kappa shape index (κ1) is 14.6. The summed E-state index contributed by atoms with van der Waals surface area (Å²) in [6.07, 6.45) is 3.20. The molecule has 2 unspecified atom stereocenters. The van der Waals surface area contributed by atoms with Crippen LogP contribution in [0.2, 0.25) is 0 Å². The van der Waals surface area contributed by atoms with E-state index in [1.54, 1.807) is 6.07 Å². The summed E-state index contributed by atoms with van der Waals surface area (Å²) in [6.45, 7) is 3.78. The highest BCUT2D eigenvalue weighted by atomic mass is 16.4. The topological polar surface area (TPSA) is 66.4 Å². The zero-order valence-electron chi connectivity index (χ0n) is 12.0. The van der Waals surface area contributed by atoms with Crippen molar-refractivity contribution in [2.24, 2.45) is 5.92 Å². The molecule has 1 saturated carbocycles. The van der Waals surface area contributed by atoms with E-state index >= 15 is 0 Å². The summed E-state index contributed by atoms with van der Waals surface area (Å²) in [5, 5.41) is 12.3. The molecule has 108 valence electrons. The highest BCUT2D eigenvalue weighted by Gasteiger charge is 2.42. The molecular formula is C16H21NO3. The lowest BCUT2D eigenvalue weighted by Gasteiger charge is -2.39. The van der Waals surface area contributed by atoms with Gasteiger partial charge in [0.25, 0.3) is 5.91 Å². The van der Waals surface area contributed by atoms with Gasteiger partial charge in [-0.15, -0.1) is 0 Å². The van der Waals surface area contributed by atoms with Crippen molar-refractivity contribution >= 4 is 11.9 Å². The molecule has 1 aliphatic carbocycles. The molecular weight excluding hydrogens is 254 g/mol. The molecule has 0 heterocycles. The Balaban J connectivity index is 2.18. The van der Waals surface area contributed by atoms with Gasteiger partial charge in [-0.1, -0.05) is 30.5 Å². The first-order chi connectivity index (χ1) is 9.42. The standard InChI is InChI=1S/C16H21NO3/c1-11-6-5-7-12(10-11)14(18)17-16(2)9-4-3-8-13(16)15(19)20/h5-7,10,13H,3-4,8-9H2,1-2H3,(H,17,18)(H,19,20). The highest BCUT2D eigenvalue weighted by molar-refractivity contribution is 5.95. The second-order valence-electron chi connectivity index (χ2n) is 5.88. The molecule has 1 fully saturated rings. The zero-order chi connectivity index (χ0) is 14.8. The molecule has 20 heavy (non-hydrogen) atoms. The number of hydrogen-bond donors (Lipinski definition) is 2. The number of aryl methyl sites for hydroxylation is 1. The number of benzene rings is 1. The van der Waals surface area contributed by atoms with Gasteiger partial charge in [-0.05, 0) is 38.8 Å². The maximum absolute atomic E-state index is 12.3. The van der Waals surface area contributed by atoms with Gasteiger partial charge in [-0.25, -0.2) is 0 Å². The van der Waals surface area contributed by atoms with Crippen molar-refractivity contribution in [3.63, 3.8) is 0 Å². The molecule has 0 aliphatic heterocycles. The van der Waals surface area contributed by atoms with Crippen molar-refractivity contribution in [3.05, 3.63) is 35.4 Å². The van der Waals surface area contributed by atoms with Crippen molar-refractivity contribution in [1.82, 2.24) is 5.32 Å². The van der Waals surface area contributed by atoms with E-state index in [0.29, 0.717) is 18.4 Å². The number of amides is 1. The van der Waals surface area contributed by atoms with Crippen LogP contribution in [0.4, 0.5) is 0 Å². The summed E-state index contributed by atoms with van der Waals surface area (Å²) in [5.41, 5.74) is 0.937. The van der Waals surface area contributed by atoms with Crippen LogP contribution >= 0.6 is 0 Å². The van der Waals surface area contributed by atoms with Crippen LogP contribution in [0.3, 0.4) is 0 Å². The summed E-state index contributed by atoms with van der Waals surface area (Å²) in [5.74, 6) is -1.52. The third kappa shape index (κ3) is 3.00. The Hall–Kier alpha value is -1.84. The number of nitrogens with one attached hydrogen (secondary N) is 1. The second kappa shape index (κ2) is 5.65. The summed E-state index contributed by atoms with van der Waals surface area (Å²) < 4.78 is 0. The van der Waals surface area contributed by atoms with Crippen LogP contribution in [-0.4, -0.2) is 22.5 Å². The lowest BCUT2D eigenvalue weighted by molar-refractivity contribution is -0.145. The van der Waals surface area contributed by atoms with E-state index in [0.717, 1.165) is 18.4 Å². The lowest BCUT2D eigenvalue weighted by Crippen LogP contribution is -2.55. The van der Waals surface area contributed by atoms with E-state index in [4.69, 9.17) is 0 Å². The molecule has 0 saturated heterocycles. The number of hydrogen-bond acceptors (Lipinski definition) is 2. The number of aliphatic carboxylic acids is 1. The van der Waals surface area contributed by atoms with Crippen LogP contribution in [0, 0.1) is 12.8 Å². The molecule has 1 aromatic rings. The molecule has 0 radical (unpaired) electrons. The van der Waals surface area contributed by atoms with Gasteiger partial charge in [0, 0.05) is 5.56 Å². The van der Waals surface area contributed by atoms with E-state index in [9.17, 15) is 14.7 Å². The first-order valence-corrected chi connectivity index (χ1v) is 7.04. The molecule has 2 rings (SSSR count). The maximum atomic E-state index is 12.3. The van der Waals surface area contributed by atoms with Gasteiger partial charge in [0.05, 0.1) is 11.5 Å². The Morgan fingerprint density at radius 3 is 2.75 bits per heavy atom. The van der Waals surface area contributed by atoms with Crippen LogP contribution < -0.4 is 5.32 Å². The Labute approximate surface area is 119 Å². The van der Waals surface area contributed by atoms with Crippen LogP contribution in [0.5, 0.6) is 0 Å². The lowest BCUT2D eigenvalue weighted by atomic mass is 9.73. The van der Waals surface area contributed by atoms with Gasteiger partial charge in [0.1, 0.15) is 0 Å². The minimum Gasteiger partial charge on any atom is -0.481 e. The van der Waals surface area contributed by atoms with Gasteiger partial charge >= 0.3 is 5.97 Å². The van der Waals surface area contributed by atoms with Gasteiger partial charge in [-0.2, -0.15) is 0 Å². The average molecular weight is 275 g/mol. The monoisotopic (exact) mass is 275 g/mol. The fraction of sp³-hybridized carbons (Fsp3) is 0.500. The van der Waals surface area contributed by atoms with Crippen molar-refractivity contribution < 1.29 is 14.7 Å². The molecule has 1 aromatic carbocycles. The van der Waals surface area contributed by atoms with Gasteiger partial charge in [-0.3, -0.25) is 9.59 Å². The summed E-state index contributed by atoms with van der Waals surface area (Å²) >= 11 is 0. The quantitative estimate of drug-likeness (QED) is 0.891. The molecule has 4 heteroatoms. The Morgan fingerprint density at radius 2 is 2.10 bits per heavy atom. The van der Waals surface area contributed by atoms with Crippen molar-refractivity contribution in [1.29, 1.82) is 0 Å². The smallest absolute Gasteiger partial charge is 0.308 e. The Morgan fingerprint density at radius 1 is 1.35 bits per heavy atom. The average Bonchev–Trinajstić information content (AvgIpc) is 2.38. The summed E-state index contributed by atoms with van der Waals surface area (Å²) in [4.78, 5) is 23.7. The molecule has 1 amide bonds. The van der Waals surface area contributed by atoms with Crippen LogP contribution in [0.25, 0.3) is 0 Å². The molecule has 2 atom stereocenters. The third-order valence-corrected chi connectivity index (χ3v) is 4.19. The largest absolute Gasteiger partial charge is 0.481 e. The summed E-state index contributed by atoms with van der Waals surface area (Å²) in [7, 11) is 0. The Kier molecular flexibility index (Phi) is 4.12.